The van der Waals surface area contributed by atoms with E-state index in [9.17, 15) is 24.4 Å². The zero-order chi connectivity index (χ0) is 24.2. The Morgan fingerprint density at radius 3 is 2.18 bits per heavy atom. The third kappa shape index (κ3) is 9.72. The lowest BCUT2D eigenvalue weighted by Gasteiger charge is -2.24. The monoisotopic (exact) mass is 461 g/mol. The van der Waals surface area contributed by atoms with Gasteiger partial charge in [0.05, 0.1) is 11.6 Å². The third-order valence-electron chi connectivity index (χ3n) is 6.16. The molecule has 1 aromatic rings. The van der Waals surface area contributed by atoms with Gasteiger partial charge in [-0.25, -0.2) is 0 Å². The summed E-state index contributed by atoms with van der Waals surface area (Å²) >= 11 is 0. The molecule has 1 unspecified atom stereocenters. The molecular formula is C24H40BN3O5. The van der Waals surface area contributed by atoms with Crippen molar-refractivity contribution >= 4 is 24.7 Å². The molecule has 2 bridgehead atoms. The highest BCUT2D eigenvalue weighted by Crippen LogP contribution is 2.15. The van der Waals surface area contributed by atoms with Crippen LogP contribution < -0.4 is 10.6 Å². The number of amides is 2. The Labute approximate surface area is 197 Å². The molecule has 2 amide bonds. The van der Waals surface area contributed by atoms with E-state index in [0.29, 0.717) is 25.0 Å². The summed E-state index contributed by atoms with van der Waals surface area (Å²) in [6.45, 7) is 3.87. The molecule has 8 nitrogen and oxygen atoms in total. The van der Waals surface area contributed by atoms with Gasteiger partial charge in [-0.3, -0.25) is 14.4 Å². The predicted molar refractivity (Wildman–Crippen MR) is 129 cm³/mol. The zero-order valence-electron chi connectivity index (χ0n) is 20.1. The van der Waals surface area contributed by atoms with Crippen LogP contribution in [0.15, 0.2) is 12.1 Å². The number of carbonyl (C=O) groups excluding carboxylic acids is 3. The number of ketones is 1. The standard InChI is InChI=1S/C24H40BN3O5/c1-17(2)16-22(25(32)33)28-24(31)19-12-10-8-6-4-3-5-7-9-11-13-21(29)18-14-15-20(26-18)23(30)27-19/h14-15,17,19,22,26,32-33H,3-13,16H2,1-2H3,(H,27,30)(H,28,31)/t19-,22?/m0/s1. The molecule has 2 rings (SSSR count). The number of rotatable bonds is 5. The van der Waals surface area contributed by atoms with Crippen molar-refractivity contribution in [3.63, 3.8) is 0 Å². The van der Waals surface area contributed by atoms with Gasteiger partial charge < -0.3 is 25.7 Å². The Balaban J connectivity index is 2.12. The van der Waals surface area contributed by atoms with Crippen LogP contribution in [0.4, 0.5) is 0 Å². The number of fused-ring (bicyclic) bond motifs is 2. The summed E-state index contributed by atoms with van der Waals surface area (Å²) in [7, 11) is -1.68. The number of hydrogen-bond acceptors (Lipinski definition) is 5. The molecule has 0 spiro atoms. The van der Waals surface area contributed by atoms with Crippen LogP contribution >= 0.6 is 0 Å². The van der Waals surface area contributed by atoms with E-state index < -0.39 is 30.9 Å². The number of hydrogen-bond donors (Lipinski definition) is 5. The van der Waals surface area contributed by atoms with Gasteiger partial charge in [0.25, 0.3) is 5.91 Å². The molecule has 1 aromatic heterocycles. The first kappa shape index (κ1) is 27.1. The minimum Gasteiger partial charge on any atom is -0.426 e. The van der Waals surface area contributed by atoms with Crippen molar-refractivity contribution in [2.75, 3.05) is 0 Å². The topological polar surface area (TPSA) is 132 Å². The summed E-state index contributed by atoms with van der Waals surface area (Å²) in [6, 6.07) is 2.37. The highest BCUT2D eigenvalue weighted by molar-refractivity contribution is 6.43. The van der Waals surface area contributed by atoms with E-state index in [1.807, 2.05) is 13.8 Å². The summed E-state index contributed by atoms with van der Waals surface area (Å²) in [5.41, 5.74) is 0.640. The molecule has 0 saturated carbocycles. The van der Waals surface area contributed by atoms with Crippen LogP contribution in [0.2, 0.25) is 0 Å². The van der Waals surface area contributed by atoms with Gasteiger partial charge in [-0.1, -0.05) is 65.2 Å². The summed E-state index contributed by atoms with van der Waals surface area (Å²) < 4.78 is 0. The van der Waals surface area contributed by atoms with Gasteiger partial charge in [0, 0.05) is 6.42 Å². The molecule has 1 aliphatic heterocycles. The van der Waals surface area contributed by atoms with Crippen LogP contribution in [-0.4, -0.2) is 51.7 Å². The molecule has 0 saturated heterocycles. The number of carbonyl (C=O) groups is 3. The Kier molecular flexibility index (Phi) is 11.7. The van der Waals surface area contributed by atoms with E-state index in [-0.39, 0.29) is 17.4 Å². The van der Waals surface area contributed by atoms with Gasteiger partial charge in [-0.15, -0.1) is 0 Å². The van der Waals surface area contributed by atoms with Gasteiger partial charge in [0.2, 0.25) is 5.91 Å². The second-order valence-corrected chi connectivity index (χ2v) is 9.61. The fourth-order valence-electron chi connectivity index (χ4n) is 4.25. The molecule has 33 heavy (non-hydrogen) atoms. The van der Waals surface area contributed by atoms with E-state index in [4.69, 9.17) is 0 Å². The van der Waals surface area contributed by atoms with E-state index in [2.05, 4.69) is 15.6 Å². The highest BCUT2D eigenvalue weighted by Gasteiger charge is 2.30. The lowest BCUT2D eigenvalue weighted by molar-refractivity contribution is -0.123. The van der Waals surface area contributed by atoms with E-state index in [0.717, 1.165) is 44.9 Å². The van der Waals surface area contributed by atoms with Gasteiger partial charge in [0.1, 0.15) is 11.7 Å². The lowest BCUT2D eigenvalue weighted by atomic mass is 9.75. The van der Waals surface area contributed by atoms with Crippen molar-refractivity contribution in [1.82, 2.24) is 15.6 Å². The second kappa shape index (κ2) is 14.2. The molecule has 0 radical (unpaired) electrons. The fraction of sp³-hybridized carbons (Fsp3) is 0.708. The van der Waals surface area contributed by atoms with E-state index >= 15 is 0 Å². The Morgan fingerprint density at radius 2 is 1.58 bits per heavy atom. The third-order valence-corrected chi connectivity index (χ3v) is 6.16. The average molecular weight is 461 g/mol. The van der Waals surface area contributed by atoms with Crippen molar-refractivity contribution in [2.24, 2.45) is 5.92 Å². The molecule has 184 valence electrons. The molecule has 5 N–H and O–H groups in total. The first-order chi connectivity index (χ1) is 15.8. The molecule has 1 aliphatic rings. The smallest absolute Gasteiger partial charge is 0.426 e. The van der Waals surface area contributed by atoms with E-state index in [1.165, 1.54) is 12.8 Å². The number of aromatic amines is 1. The van der Waals surface area contributed by atoms with Crippen LogP contribution in [0.5, 0.6) is 0 Å². The van der Waals surface area contributed by atoms with Crippen molar-refractivity contribution in [3.8, 4) is 0 Å². The maximum atomic E-state index is 13.0. The Hall–Kier alpha value is -2.13. The molecule has 0 aromatic carbocycles. The van der Waals surface area contributed by atoms with Crippen molar-refractivity contribution in [2.45, 2.75) is 103 Å². The first-order valence-electron chi connectivity index (χ1n) is 12.5. The average Bonchev–Trinajstić information content (AvgIpc) is 3.25. The van der Waals surface area contributed by atoms with Gasteiger partial charge in [-0.05, 0) is 37.3 Å². The fourth-order valence-corrected chi connectivity index (χ4v) is 4.25. The number of nitrogens with one attached hydrogen (secondary N) is 3. The summed E-state index contributed by atoms with van der Waals surface area (Å²) in [6.07, 6.45) is 10.6. The molecular weight excluding hydrogens is 421 g/mol. The van der Waals surface area contributed by atoms with Crippen LogP contribution in [0.1, 0.15) is 112 Å². The Morgan fingerprint density at radius 1 is 1.00 bits per heavy atom. The normalized spacial score (nSPS) is 20.5. The minimum absolute atomic E-state index is 0.0158. The van der Waals surface area contributed by atoms with Crippen LogP contribution in [-0.2, 0) is 4.79 Å². The largest absolute Gasteiger partial charge is 0.475 e. The number of Topliss-reactive ketones (excluding diaryl/α,β-unsaturated/α-hetero) is 1. The minimum atomic E-state index is -1.68. The summed E-state index contributed by atoms with van der Waals surface area (Å²) in [4.78, 5) is 41.1. The maximum Gasteiger partial charge on any atom is 0.475 e. The van der Waals surface area contributed by atoms with E-state index in [1.54, 1.807) is 12.1 Å². The number of aromatic nitrogens is 1. The van der Waals surface area contributed by atoms with Gasteiger partial charge >= 0.3 is 7.12 Å². The summed E-state index contributed by atoms with van der Waals surface area (Å²) in [5.74, 6) is -1.55. The second-order valence-electron chi connectivity index (χ2n) is 9.61. The summed E-state index contributed by atoms with van der Waals surface area (Å²) in [5, 5.41) is 24.8. The Bertz CT molecular complexity index is 765. The van der Waals surface area contributed by atoms with Crippen molar-refractivity contribution in [1.29, 1.82) is 0 Å². The van der Waals surface area contributed by atoms with Gasteiger partial charge in [0.15, 0.2) is 5.78 Å². The van der Waals surface area contributed by atoms with Crippen LogP contribution in [0.25, 0.3) is 0 Å². The van der Waals surface area contributed by atoms with Gasteiger partial charge in [-0.2, -0.15) is 0 Å². The van der Waals surface area contributed by atoms with Crippen molar-refractivity contribution in [3.05, 3.63) is 23.5 Å². The van der Waals surface area contributed by atoms with Crippen molar-refractivity contribution < 1.29 is 24.4 Å². The van der Waals surface area contributed by atoms with Crippen LogP contribution in [0.3, 0.4) is 0 Å². The van der Waals surface area contributed by atoms with Crippen LogP contribution in [0, 0.1) is 5.92 Å². The zero-order valence-corrected chi connectivity index (χ0v) is 20.1. The first-order valence-corrected chi connectivity index (χ1v) is 12.5. The quantitative estimate of drug-likeness (QED) is 0.430. The number of H-pyrrole nitrogens is 1. The predicted octanol–water partition coefficient (Wildman–Crippen LogP) is 3.14. The molecule has 2 heterocycles. The highest BCUT2D eigenvalue weighted by atomic mass is 16.4. The molecule has 0 aliphatic carbocycles. The molecule has 2 atom stereocenters. The maximum absolute atomic E-state index is 13.0. The SMILES string of the molecule is CC(C)CC(NC(=O)[C@@H]1CCCCCCCCCCCC(=O)c2ccc([nH]2)C(=O)N1)B(O)O. The molecule has 9 heteroatoms. The molecule has 0 fully saturated rings. The lowest BCUT2D eigenvalue weighted by Crippen LogP contribution is -2.54.